The van der Waals surface area contributed by atoms with E-state index in [-0.39, 0.29) is 11.4 Å². The average Bonchev–Trinajstić information content (AvgIpc) is 3.59. The Balaban J connectivity index is 1.26. The summed E-state index contributed by atoms with van der Waals surface area (Å²) in [6.07, 6.45) is 3.09. The van der Waals surface area contributed by atoms with E-state index >= 15 is 0 Å². The van der Waals surface area contributed by atoms with Crippen LogP contribution in [-0.4, -0.2) is 64.6 Å². The highest BCUT2D eigenvalue weighted by molar-refractivity contribution is 7.91. The second-order valence-corrected chi connectivity index (χ2v) is 15.8. The third-order valence-electron chi connectivity index (χ3n) is 7.92. The predicted octanol–water partition coefficient (Wildman–Crippen LogP) is 4.02. The molecule has 2 aliphatic rings. The van der Waals surface area contributed by atoms with E-state index in [4.69, 9.17) is 4.98 Å². The number of sulfonamides is 2. The molecule has 1 saturated heterocycles. The molecule has 2 aromatic carbocycles. The van der Waals surface area contributed by atoms with Crippen molar-refractivity contribution in [2.45, 2.75) is 48.2 Å². The molecule has 2 heterocycles. The normalized spacial score (nSPS) is 19.4. The first-order chi connectivity index (χ1) is 17.5. The number of hydrogen-bond acceptors (Lipinski definition) is 7. The monoisotopic (exact) mass is 562 g/mol. The lowest BCUT2D eigenvalue weighted by atomic mass is 9.81. The van der Waals surface area contributed by atoms with E-state index in [1.807, 2.05) is 0 Å². The molecular weight excluding hydrogens is 529 g/mol. The first kappa shape index (κ1) is 26.6. The summed E-state index contributed by atoms with van der Waals surface area (Å²) in [4.78, 5) is 7.21. The number of anilines is 1. The Labute approximate surface area is 223 Å². The number of nitrogens with zero attached hydrogens (tertiary/aromatic N) is 3. The van der Waals surface area contributed by atoms with E-state index in [1.54, 1.807) is 18.2 Å². The van der Waals surface area contributed by atoms with E-state index in [1.165, 1.54) is 35.3 Å². The molecule has 0 amide bonds. The Kier molecular flexibility index (Phi) is 7.12. The molecule has 0 spiro atoms. The molecule has 0 radical (unpaired) electrons. The highest BCUT2D eigenvalue weighted by atomic mass is 32.2. The summed E-state index contributed by atoms with van der Waals surface area (Å²) in [5, 5.41) is 0.914. The van der Waals surface area contributed by atoms with E-state index < -0.39 is 24.8 Å². The quantitative estimate of drug-likeness (QED) is 0.423. The van der Waals surface area contributed by atoms with Crippen LogP contribution in [0, 0.1) is 5.92 Å². The minimum absolute atomic E-state index is 0.127. The van der Waals surface area contributed by atoms with Crippen LogP contribution >= 0.6 is 11.3 Å². The summed E-state index contributed by atoms with van der Waals surface area (Å²) in [7, 11) is -4.45. The number of hydrogen-bond donors (Lipinski definition) is 1. The highest BCUT2D eigenvalue weighted by Crippen LogP contribution is 2.44. The fourth-order valence-electron chi connectivity index (χ4n) is 5.18. The number of fused-ring (bicyclic) bond motifs is 1. The van der Waals surface area contributed by atoms with Gasteiger partial charge in [0.25, 0.3) is 0 Å². The summed E-state index contributed by atoms with van der Waals surface area (Å²) in [5.74, 6) is 1.14. The summed E-state index contributed by atoms with van der Waals surface area (Å²) in [6, 6.07) is 15.6. The maximum absolute atomic E-state index is 13.0. The van der Waals surface area contributed by atoms with Crippen LogP contribution in [-0.2, 0) is 20.0 Å². The van der Waals surface area contributed by atoms with Gasteiger partial charge in [0.05, 0.1) is 15.1 Å². The molecule has 200 valence electrons. The van der Waals surface area contributed by atoms with Crippen molar-refractivity contribution in [3.05, 3.63) is 54.1 Å². The zero-order chi connectivity index (χ0) is 26.4. The summed E-state index contributed by atoms with van der Waals surface area (Å²) in [6.45, 7) is 4.04. The molecule has 1 unspecified atom stereocenters. The first-order valence-electron chi connectivity index (χ1n) is 12.6. The van der Waals surface area contributed by atoms with Crippen molar-refractivity contribution in [2.24, 2.45) is 5.92 Å². The molecular formula is C26H34N4O4S3. The molecule has 2 fully saturated rings. The molecule has 1 N–H and O–H groups in total. The Morgan fingerprint density at radius 3 is 2.38 bits per heavy atom. The van der Waals surface area contributed by atoms with Crippen LogP contribution in [0.25, 0.3) is 10.2 Å². The van der Waals surface area contributed by atoms with Crippen LogP contribution in [0.3, 0.4) is 0 Å². The number of rotatable bonds is 9. The zero-order valence-corrected chi connectivity index (χ0v) is 23.9. The largest absolute Gasteiger partial charge is 0.348 e. The highest BCUT2D eigenvalue weighted by Gasteiger charge is 2.55. The molecule has 5 rings (SSSR count). The molecule has 8 nitrogen and oxygen atoms in total. The SMILES string of the molecule is CC(c1ccccc1)C1CCN(c2nc3ccc(S(=O)(=O)NCC4(S(=O)(=O)N(C)C)CC4)cc3s2)CC1. The third kappa shape index (κ3) is 5.16. The van der Waals surface area contributed by atoms with E-state index in [0.29, 0.717) is 24.7 Å². The summed E-state index contributed by atoms with van der Waals surface area (Å²) < 4.78 is 54.7. The van der Waals surface area contributed by atoms with Gasteiger partial charge >= 0.3 is 0 Å². The van der Waals surface area contributed by atoms with Crippen LogP contribution in [0.1, 0.15) is 44.1 Å². The number of benzene rings is 2. The van der Waals surface area contributed by atoms with Gasteiger partial charge in [-0.05, 0) is 61.3 Å². The average molecular weight is 563 g/mol. The maximum Gasteiger partial charge on any atom is 0.240 e. The molecule has 37 heavy (non-hydrogen) atoms. The van der Waals surface area contributed by atoms with Crippen LogP contribution in [0.4, 0.5) is 5.13 Å². The molecule has 1 atom stereocenters. The van der Waals surface area contributed by atoms with Gasteiger partial charge in [-0.15, -0.1) is 0 Å². The van der Waals surface area contributed by atoms with Gasteiger partial charge in [-0.3, -0.25) is 0 Å². The standard InChI is InChI=1S/C26H34N4O4S3/c1-19(20-7-5-4-6-8-20)21-11-15-30(16-12-21)25-28-23-10-9-22(17-24(23)35-25)36(31,32)27-18-26(13-14-26)37(33,34)29(2)3/h4-10,17,19,21,27H,11-16,18H2,1-3H3. The number of nitrogens with one attached hydrogen (secondary N) is 1. The van der Waals surface area contributed by atoms with Gasteiger partial charge in [-0.2, -0.15) is 0 Å². The van der Waals surface area contributed by atoms with Crippen molar-refractivity contribution in [1.82, 2.24) is 14.0 Å². The molecule has 1 aliphatic heterocycles. The minimum atomic E-state index is -3.86. The lowest BCUT2D eigenvalue weighted by Crippen LogP contribution is -2.43. The number of piperidine rings is 1. The molecule has 11 heteroatoms. The summed E-state index contributed by atoms with van der Waals surface area (Å²) >= 11 is 1.50. The van der Waals surface area contributed by atoms with Gasteiger partial charge in [-0.25, -0.2) is 30.8 Å². The first-order valence-corrected chi connectivity index (χ1v) is 16.4. The van der Waals surface area contributed by atoms with Gasteiger partial charge in [0.15, 0.2) is 5.13 Å². The second-order valence-electron chi connectivity index (χ2n) is 10.4. The predicted molar refractivity (Wildman–Crippen MR) is 149 cm³/mol. The summed E-state index contributed by atoms with van der Waals surface area (Å²) in [5.41, 5.74) is 2.16. The molecule has 3 aromatic rings. The minimum Gasteiger partial charge on any atom is -0.348 e. The number of aromatic nitrogens is 1. The topological polar surface area (TPSA) is 99.7 Å². The smallest absolute Gasteiger partial charge is 0.240 e. The van der Waals surface area contributed by atoms with Crippen molar-refractivity contribution in [1.29, 1.82) is 0 Å². The fraction of sp³-hybridized carbons (Fsp3) is 0.500. The maximum atomic E-state index is 13.0. The van der Waals surface area contributed by atoms with Crippen molar-refractivity contribution in [3.8, 4) is 0 Å². The third-order valence-corrected chi connectivity index (χ3v) is 13.0. The van der Waals surface area contributed by atoms with Crippen LogP contribution in [0.15, 0.2) is 53.4 Å². The van der Waals surface area contributed by atoms with E-state index in [0.717, 1.165) is 41.3 Å². The van der Waals surface area contributed by atoms with Crippen LogP contribution in [0.2, 0.25) is 0 Å². The van der Waals surface area contributed by atoms with Crippen LogP contribution < -0.4 is 9.62 Å². The van der Waals surface area contributed by atoms with Gasteiger partial charge in [0, 0.05) is 33.7 Å². The second kappa shape index (κ2) is 9.92. The Bertz CT molecular complexity index is 1470. The Morgan fingerprint density at radius 1 is 1.08 bits per heavy atom. The van der Waals surface area contributed by atoms with Gasteiger partial charge in [0.2, 0.25) is 20.0 Å². The molecule has 1 saturated carbocycles. The van der Waals surface area contributed by atoms with Gasteiger partial charge in [-0.1, -0.05) is 48.6 Å². The fourth-order valence-corrected chi connectivity index (χ4v) is 9.20. The molecule has 1 aliphatic carbocycles. The van der Waals surface area contributed by atoms with Crippen LogP contribution in [0.5, 0.6) is 0 Å². The van der Waals surface area contributed by atoms with Gasteiger partial charge < -0.3 is 4.90 Å². The Morgan fingerprint density at radius 2 is 1.76 bits per heavy atom. The van der Waals surface area contributed by atoms with Crippen molar-refractivity contribution in [2.75, 3.05) is 38.6 Å². The molecule has 1 aromatic heterocycles. The lowest BCUT2D eigenvalue weighted by molar-refractivity contribution is 0.354. The molecule has 0 bridgehead atoms. The lowest BCUT2D eigenvalue weighted by Gasteiger charge is -2.35. The van der Waals surface area contributed by atoms with Crippen molar-refractivity contribution in [3.63, 3.8) is 0 Å². The van der Waals surface area contributed by atoms with Gasteiger partial charge in [0.1, 0.15) is 4.75 Å². The number of thiazole rings is 1. The zero-order valence-electron chi connectivity index (χ0n) is 21.4. The van der Waals surface area contributed by atoms with E-state index in [9.17, 15) is 16.8 Å². The van der Waals surface area contributed by atoms with E-state index in [2.05, 4.69) is 46.9 Å². The van der Waals surface area contributed by atoms with Crippen molar-refractivity contribution < 1.29 is 16.8 Å². The Hall–Kier alpha value is -2.05. The van der Waals surface area contributed by atoms with Crippen molar-refractivity contribution >= 4 is 46.7 Å².